The molecular weight excluding hydrogens is 608 g/mol. The number of para-hydroxylation sites is 4. The second-order valence-electron chi connectivity index (χ2n) is 13.2. The summed E-state index contributed by atoms with van der Waals surface area (Å²) in [6.45, 7) is 9.59. The summed E-state index contributed by atoms with van der Waals surface area (Å²) in [7, 11) is 0. The molecule has 49 heavy (non-hydrogen) atoms. The molecular formula is C41H34N6O2. The second-order valence-corrected chi connectivity index (χ2v) is 13.2. The summed E-state index contributed by atoms with van der Waals surface area (Å²) in [4.78, 5) is 19.0. The zero-order valence-corrected chi connectivity index (χ0v) is 27.8. The standard InChI is InChI=1S/C41H34N6O2/c1-24-17-19-28-30-11-9-21-42-40(30)48-38(28)36(24)46-26(3)44(32-13-5-7-15-34(32)46)23-45-27(4)47(35-16-8-6-14-33(35)45)37-25(2)18-20-29-31-12-10-22-43-41(31)49-39(29)37/h5-22,26-27H,23H2,1-4H3/t26-,27+. The largest absolute Gasteiger partial charge is 0.435 e. The van der Waals surface area contributed by atoms with Gasteiger partial charge in [0.25, 0.3) is 0 Å². The van der Waals surface area contributed by atoms with Crippen LogP contribution in [0.2, 0.25) is 0 Å². The van der Waals surface area contributed by atoms with Gasteiger partial charge in [-0.25, -0.2) is 9.97 Å². The van der Waals surface area contributed by atoms with Crippen LogP contribution >= 0.6 is 0 Å². The molecule has 0 saturated carbocycles. The van der Waals surface area contributed by atoms with Crippen LogP contribution < -0.4 is 19.6 Å². The van der Waals surface area contributed by atoms with Crippen molar-refractivity contribution < 1.29 is 8.83 Å². The Morgan fingerprint density at radius 1 is 0.510 bits per heavy atom. The maximum absolute atomic E-state index is 6.50. The molecule has 0 unspecified atom stereocenters. The number of benzene rings is 4. The molecule has 8 heteroatoms. The molecule has 0 aliphatic carbocycles. The summed E-state index contributed by atoms with van der Waals surface area (Å²) >= 11 is 0. The van der Waals surface area contributed by atoms with Crippen molar-refractivity contribution in [2.75, 3.05) is 26.3 Å². The molecule has 0 N–H and O–H groups in total. The fraction of sp³-hybridized carbons (Fsp3) is 0.171. The zero-order valence-electron chi connectivity index (χ0n) is 27.8. The van der Waals surface area contributed by atoms with Gasteiger partial charge in [0.05, 0.1) is 40.8 Å². The van der Waals surface area contributed by atoms with Crippen LogP contribution in [0.1, 0.15) is 25.0 Å². The van der Waals surface area contributed by atoms with Crippen LogP contribution in [0.3, 0.4) is 0 Å². The van der Waals surface area contributed by atoms with E-state index in [1.54, 1.807) is 12.4 Å². The fourth-order valence-corrected chi connectivity index (χ4v) is 8.19. The number of nitrogens with zero attached hydrogens (tertiary/aromatic N) is 6. The molecule has 4 aromatic heterocycles. The molecule has 0 radical (unpaired) electrons. The summed E-state index contributed by atoms with van der Waals surface area (Å²) in [5.41, 5.74) is 12.2. The predicted molar refractivity (Wildman–Crippen MR) is 198 cm³/mol. The summed E-state index contributed by atoms with van der Waals surface area (Å²) in [5, 5.41) is 4.22. The maximum atomic E-state index is 6.50. The van der Waals surface area contributed by atoms with Crippen molar-refractivity contribution in [1.29, 1.82) is 0 Å². The molecule has 4 aromatic carbocycles. The SMILES string of the molecule is Cc1ccc2c(oc3ncccc32)c1N1c2ccccc2N(CN2c3ccccc3N(c3c(C)ccc4c3oc3ncccc34)[C@H]2C)[C@H]1C. The van der Waals surface area contributed by atoms with E-state index in [1.165, 1.54) is 11.4 Å². The molecule has 0 amide bonds. The Morgan fingerprint density at radius 3 is 1.39 bits per heavy atom. The summed E-state index contributed by atoms with van der Waals surface area (Å²) in [6.07, 6.45) is 3.59. The first-order valence-electron chi connectivity index (χ1n) is 16.8. The average Bonchev–Trinajstić information content (AvgIpc) is 3.84. The monoisotopic (exact) mass is 642 g/mol. The van der Waals surface area contributed by atoms with E-state index in [-0.39, 0.29) is 12.3 Å². The molecule has 240 valence electrons. The highest BCUT2D eigenvalue weighted by molar-refractivity contribution is 6.11. The van der Waals surface area contributed by atoms with Crippen molar-refractivity contribution in [1.82, 2.24) is 9.97 Å². The van der Waals surface area contributed by atoms with E-state index in [4.69, 9.17) is 8.83 Å². The predicted octanol–water partition coefficient (Wildman–Crippen LogP) is 10.2. The Labute approximate surface area is 283 Å². The van der Waals surface area contributed by atoms with Gasteiger partial charge in [0, 0.05) is 33.9 Å². The van der Waals surface area contributed by atoms with Gasteiger partial charge in [-0.1, -0.05) is 48.5 Å². The molecule has 0 bridgehead atoms. The van der Waals surface area contributed by atoms with Gasteiger partial charge in [0.15, 0.2) is 11.2 Å². The summed E-state index contributed by atoms with van der Waals surface area (Å²) in [5.74, 6) is 0. The number of hydrogen-bond acceptors (Lipinski definition) is 8. The first-order chi connectivity index (χ1) is 24.0. The average molecular weight is 643 g/mol. The molecule has 2 aliphatic heterocycles. The topological polar surface area (TPSA) is 65.0 Å². The Bertz CT molecular complexity index is 2430. The lowest BCUT2D eigenvalue weighted by atomic mass is 10.1. The highest BCUT2D eigenvalue weighted by Gasteiger charge is 2.41. The molecule has 2 atom stereocenters. The van der Waals surface area contributed by atoms with Crippen LogP contribution in [0.15, 0.2) is 118 Å². The van der Waals surface area contributed by atoms with Crippen molar-refractivity contribution >= 4 is 78.3 Å². The van der Waals surface area contributed by atoms with Gasteiger partial charge < -0.3 is 28.4 Å². The van der Waals surface area contributed by atoms with Crippen LogP contribution in [0.4, 0.5) is 34.1 Å². The smallest absolute Gasteiger partial charge is 0.227 e. The van der Waals surface area contributed by atoms with Crippen LogP contribution in [-0.4, -0.2) is 29.0 Å². The lowest BCUT2D eigenvalue weighted by Gasteiger charge is -2.37. The third-order valence-electron chi connectivity index (χ3n) is 10.5. The molecule has 0 spiro atoms. The first-order valence-corrected chi connectivity index (χ1v) is 16.8. The van der Waals surface area contributed by atoms with Gasteiger partial charge >= 0.3 is 0 Å². The number of pyridine rings is 2. The van der Waals surface area contributed by atoms with E-state index in [0.717, 1.165) is 66.6 Å². The van der Waals surface area contributed by atoms with E-state index in [9.17, 15) is 0 Å². The van der Waals surface area contributed by atoms with Crippen molar-refractivity contribution in [2.45, 2.75) is 40.0 Å². The van der Waals surface area contributed by atoms with E-state index < -0.39 is 0 Å². The molecule has 8 nitrogen and oxygen atoms in total. The van der Waals surface area contributed by atoms with Crippen LogP contribution in [0.5, 0.6) is 0 Å². The summed E-state index contributed by atoms with van der Waals surface area (Å²) in [6, 6.07) is 34.2. The minimum absolute atomic E-state index is 0.00268. The van der Waals surface area contributed by atoms with Gasteiger partial charge in [0.1, 0.15) is 12.3 Å². The second kappa shape index (κ2) is 10.2. The minimum atomic E-state index is 0.00268. The Hall–Kier alpha value is -6.02. The quantitative estimate of drug-likeness (QED) is 0.188. The number of fused-ring (bicyclic) bond motifs is 8. The molecule has 0 fully saturated rings. The highest BCUT2D eigenvalue weighted by atomic mass is 16.3. The number of aromatic nitrogens is 2. The Balaban J connectivity index is 1.09. The number of aryl methyl sites for hydroxylation is 2. The minimum Gasteiger partial charge on any atom is -0.435 e. The van der Waals surface area contributed by atoms with E-state index >= 15 is 0 Å². The van der Waals surface area contributed by atoms with E-state index in [1.807, 2.05) is 12.1 Å². The van der Waals surface area contributed by atoms with Crippen molar-refractivity contribution in [3.05, 3.63) is 121 Å². The van der Waals surface area contributed by atoms with E-state index in [2.05, 4.69) is 142 Å². The van der Waals surface area contributed by atoms with Gasteiger partial charge in [-0.15, -0.1) is 0 Å². The van der Waals surface area contributed by atoms with Crippen LogP contribution in [0, 0.1) is 13.8 Å². The van der Waals surface area contributed by atoms with Crippen LogP contribution in [-0.2, 0) is 0 Å². The third-order valence-corrected chi connectivity index (χ3v) is 10.5. The third kappa shape index (κ3) is 3.85. The normalized spacial score (nSPS) is 17.3. The summed E-state index contributed by atoms with van der Waals surface area (Å²) < 4.78 is 13.0. The first kappa shape index (κ1) is 28.0. The van der Waals surface area contributed by atoms with Crippen LogP contribution in [0.25, 0.3) is 44.1 Å². The maximum Gasteiger partial charge on any atom is 0.227 e. The number of hydrogen-bond donors (Lipinski definition) is 0. The highest BCUT2D eigenvalue weighted by Crippen LogP contribution is 2.51. The molecule has 10 rings (SSSR count). The lowest BCUT2D eigenvalue weighted by Crippen LogP contribution is -2.49. The van der Waals surface area contributed by atoms with Gasteiger partial charge in [0.2, 0.25) is 11.4 Å². The number of furan rings is 2. The fourth-order valence-electron chi connectivity index (χ4n) is 8.19. The Kier molecular flexibility index (Phi) is 5.86. The molecule has 0 saturated heterocycles. The van der Waals surface area contributed by atoms with Crippen molar-refractivity contribution in [3.63, 3.8) is 0 Å². The molecule has 8 aromatic rings. The van der Waals surface area contributed by atoms with Gasteiger partial charge in [-0.05, 0) is 87.4 Å². The number of anilines is 6. The van der Waals surface area contributed by atoms with Gasteiger partial charge in [-0.3, -0.25) is 0 Å². The molecule has 6 heterocycles. The van der Waals surface area contributed by atoms with E-state index in [0.29, 0.717) is 18.1 Å². The lowest BCUT2D eigenvalue weighted by molar-refractivity contribution is 0.601. The Morgan fingerprint density at radius 2 is 0.939 bits per heavy atom. The molecule has 2 aliphatic rings. The zero-order chi connectivity index (χ0) is 33.0. The number of rotatable bonds is 4. The van der Waals surface area contributed by atoms with Gasteiger partial charge in [-0.2, -0.15) is 0 Å². The van der Waals surface area contributed by atoms with Crippen molar-refractivity contribution in [2.24, 2.45) is 0 Å². The van der Waals surface area contributed by atoms with Crippen molar-refractivity contribution in [3.8, 4) is 0 Å².